The second kappa shape index (κ2) is 4.48. The first kappa shape index (κ1) is 12.7. The van der Waals surface area contributed by atoms with Gasteiger partial charge in [-0.3, -0.25) is 4.99 Å². The van der Waals surface area contributed by atoms with Gasteiger partial charge in [0.05, 0.1) is 11.3 Å². The molecule has 1 fully saturated rings. The first-order chi connectivity index (χ1) is 7.93. The molecule has 0 bridgehead atoms. The van der Waals surface area contributed by atoms with E-state index in [0.717, 1.165) is 38.2 Å². The normalized spacial score (nSPS) is 27.6. The van der Waals surface area contributed by atoms with Crippen LogP contribution in [0.1, 0.15) is 32.6 Å². The van der Waals surface area contributed by atoms with Crippen molar-refractivity contribution >= 4 is 15.8 Å². The summed E-state index contributed by atoms with van der Waals surface area (Å²) in [5.74, 6) is 0.743. The van der Waals surface area contributed by atoms with E-state index in [0.29, 0.717) is 12.6 Å². The number of hydrogen-bond donors (Lipinski definition) is 2. The van der Waals surface area contributed by atoms with Crippen molar-refractivity contribution in [1.29, 1.82) is 0 Å². The van der Waals surface area contributed by atoms with Crippen molar-refractivity contribution in [2.24, 2.45) is 4.99 Å². The average molecular weight is 259 g/mol. The van der Waals surface area contributed by atoms with E-state index in [9.17, 15) is 8.42 Å². The fourth-order valence-corrected chi connectivity index (χ4v) is 3.97. The number of sulfone groups is 1. The van der Waals surface area contributed by atoms with E-state index in [1.165, 1.54) is 6.26 Å². The van der Waals surface area contributed by atoms with E-state index >= 15 is 0 Å². The van der Waals surface area contributed by atoms with Gasteiger partial charge >= 0.3 is 0 Å². The van der Waals surface area contributed by atoms with Crippen LogP contribution >= 0.6 is 0 Å². The van der Waals surface area contributed by atoms with Gasteiger partial charge < -0.3 is 10.6 Å². The van der Waals surface area contributed by atoms with E-state index < -0.39 is 14.6 Å². The number of aliphatic imine (C=N–C) groups is 1. The monoisotopic (exact) mass is 259 g/mol. The smallest absolute Gasteiger partial charge is 0.191 e. The number of hydrogen-bond acceptors (Lipinski definition) is 5. The Bertz CT molecular complexity index is 410. The Kier molecular flexibility index (Phi) is 3.34. The largest absolute Gasteiger partial charge is 0.355 e. The molecule has 5 nitrogen and oxygen atoms in total. The second-order valence-corrected chi connectivity index (χ2v) is 7.66. The van der Waals surface area contributed by atoms with Crippen molar-refractivity contribution < 1.29 is 8.42 Å². The van der Waals surface area contributed by atoms with Crippen LogP contribution in [-0.2, 0) is 9.84 Å². The Morgan fingerprint density at radius 3 is 2.59 bits per heavy atom. The molecule has 1 unspecified atom stereocenters. The molecule has 1 aliphatic carbocycles. The van der Waals surface area contributed by atoms with Crippen LogP contribution in [0.25, 0.3) is 0 Å². The maximum absolute atomic E-state index is 11.9. The number of nitrogens with zero attached hydrogens (tertiary/aromatic N) is 1. The molecule has 98 valence electrons. The SMILES string of the molecule is CC1CN=C(NCC2(S(C)(=O)=O)CCCC2)N1. The topological polar surface area (TPSA) is 70.6 Å². The van der Waals surface area contributed by atoms with E-state index in [4.69, 9.17) is 0 Å². The van der Waals surface area contributed by atoms with Gasteiger partial charge in [0.2, 0.25) is 0 Å². The molecule has 0 aromatic heterocycles. The molecule has 1 heterocycles. The molecule has 17 heavy (non-hydrogen) atoms. The maximum atomic E-state index is 11.9. The Morgan fingerprint density at radius 1 is 1.47 bits per heavy atom. The summed E-state index contributed by atoms with van der Waals surface area (Å²) >= 11 is 0. The highest BCUT2D eigenvalue weighted by Gasteiger charge is 2.43. The van der Waals surface area contributed by atoms with Crippen molar-refractivity contribution in [3.8, 4) is 0 Å². The first-order valence-electron chi connectivity index (χ1n) is 6.17. The Labute approximate surface area is 103 Å². The second-order valence-electron chi connectivity index (χ2n) is 5.25. The quantitative estimate of drug-likeness (QED) is 0.764. The fraction of sp³-hybridized carbons (Fsp3) is 0.909. The molecule has 2 N–H and O–H groups in total. The molecule has 0 spiro atoms. The van der Waals surface area contributed by atoms with Crippen LogP contribution in [0.15, 0.2) is 4.99 Å². The zero-order valence-electron chi connectivity index (χ0n) is 10.5. The number of nitrogens with one attached hydrogen (secondary N) is 2. The molecule has 1 atom stereocenters. The van der Waals surface area contributed by atoms with Crippen molar-refractivity contribution in [2.45, 2.75) is 43.4 Å². The lowest BCUT2D eigenvalue weighted by Gasteiger charge is -2.27. The molecule has 0 saturated heterocycles. The van der Waals surface area contributed by atoms with Crippen LogP contribution in [0.5, 0.6) is 0 Å². The molecule has 0 aromatic rings. The Hall–Kier alpha value is -0.780. The maximum Gasteiger partial charge on any atom is 0.191 e. The summed E-state index contributed by atoms with van der Waals surface area (Å²) in [5, 5.41) is 6.35. The zero-order chi connectivity index (χ0) is 12.5. The predicted octanol–water partition coefficient (Wildman–Crippen LogP) is 0.281. The summed E-state index contributed by atoms with van der Waals surface area (Å²) in [6, 6.07) is 0.343. The van der Waals surface area contributed by atoms with Crippen LogP contribution in [0, 0.1) is 0 Å². The molecule has 0 aromatic carbocycles. The summed E-state index contributed by atoms with van der Waals surface area (Å²) in [4.78, 5) is 4.29. The van der Waals surface area contributed by atoms with Gasteiger partial charge in [0, 0.05) is 18.8 Å². The highest BCUT2D eigenvalue weighted by molar-refractivity contribution is 7.92. The average Bonchev–Trinajstić information content (AvgIpc) is 2.83. The summed E-state index contributed by atoms with van der Waals surface area (Å²) in [6.07, 6.45) is 4.89. The van der Waals surface area contributed by atoms with Crippen molar-refractivity contribution in [3.05, 3.63) is 0 Å². The molecular weight excluding hydrogens is 238 g/mol. The van der Waals surface area contributed by atoms with Gasteiger partial charge in [0.25, 0.3) is 0 Å². The number of rotatable bonds is 3. The fourth-order valence-electron chi connectivity index (χ4n) is 2.60. The zero-order valence-corrected chi connectivity index (χ0v) is 11.3. The van der Waals surface area contributed by atoms with Crippen molar-refractivity contribution in [2.75, 3.05) is 19.3 Å². The van der Waals surface area contributed by atoms with Crippen LogP contribution in [0.3, 0.4) is 0 Å². The molecular formula is C11H21N3O2S. The van der Waals surface area contributed by atoms with Crippen molar-refractivity contribution in [3.63, 3.8) is 0 Å². The summed E-state index contributed by atoms with van der Waals surface area (Å²) in [5.41, 5.74) is 0. The lowest BCUT2D eigenvalue weighted by atomic mass is 10.1. The lowest BCUT2D eigenvalue weighted by molar-refractivity contribution is 0.506. The Balaban J connectivity index is 2.00. The summed E-state index contributed by atoms with van der Waals surface area (Å²) < 4.78 is 23.3. The van der Waals surface area contributed by atoms with Gasteiger partial charge in [0.15, 0.2) is 15.8 Å². The third kappa shape index (κ3) is 2.56. The van der Waals surface area contributed by atoms with Crippen LogP contribution < -0.4 is 10.6 Å². The summed E-state index contributed by atoms with van der Waals surface area (Å²) in [6.45, 7) is 3.29. The molecule has 0 radical (unpaired) electrons. The molecule has 2 aliphatic rings. The molecule has 1 saturated carbocycles. The third-order valence-electron chi connectivity index (χ3n) is 3.79. The molecule has 0 amide bonds. The van der Waals surface area contributed by atoms with Gasteiger partial charge in [-0.1, -0.05) is 12.8 Å². The predicted molar refractivity (Wildman–Crippen MR) is 68.9 cm³/mol. The van der Waals surface area contributed by atoms with Crippen molar-refractivity contribution in [1.82, 2.24) is 10.6 Å². The summed E-state index contributed by atoms with van der Waals surface area (Å²) in [7, 11) is -3.01. The van der Waals surface area contributed by atoms with E-state index in [2.05, 4.69) is 22.5 Å². The van der Waals surface area contributed by atoms with Gasteiger partial charge in [-0.25, -0.2) is 8.42 Å². The third-order valence-corrected chi connectivity index (χ3v) is 5.91. The molecule has 2 rings (SSSR count). The van der Waals surface area contributed by atoms with Crippen LogP contribution in [0.2, 0.25) is 0 Å². The van der Waals surface area contributed by atoms with Crippen LogP contribution in [-0.4, -0.2) is 44.5 Å². The minimum atomic E-state index is -3.01. The van der Waals surface area contributed by atoms with Gasteiger partial charge in [0.1, 0.15) is 0 Å². The Morgan fingerprint density at radius 2 is 2.12 bits per heavy atom. The van der Waals surface area contributed by atoms with E-state index in [1.54, 1.807) is 0 Å². The highest BCUT2D eigenvalue weighted by Crippen LogP contribution is 2.35. The standard InChI is InChI=1S/C11H21N3O2S/c1-9-7-12-10(14-9)13-8-11(17(2,15)16)5-3-4-6-11/h9H,3-8H2,1-2H3,(H2,12,13,14). The molecule has 1 aliphatic heterocycles. The van der Waals surface area contributed by atoms with Gasteiger partial charge in [-0.05, 0) is 19.8 Å². The number of guanidine groups is 1. The van der Waals surface area contributed by atoms with E-state index in [-0.39, 0.29) is 0 Å². The lowest BCUT2D eigenvalue weighted by Crippen LogP contribution is -2.49. The molecule has 6 heteroatoms. The minimum Gasteiger partial charge on any atom is -0.355 e. The van der Waals surface area contributed by atoms with Gasteiger partial charge in [-0.15, -0.1) is 0 Å². The van der Waals surface area contributed by atoms with E-state index in [1.807, 2.05) is 0 Å². The van der Waals surface area contributed by atoms with Gasteiger partial charge in [-0.2, -0.15) is 0 Å². The minimum absolute atomic E-state index is 0.343. The van der Waals surface area contributed by atoms with Crippen LogP contribution in [0.4, 0.5) is 0 Å². The first-order valence-corrected chi connectivity index (χ1v) is 8.07. The highest BCUT2D eigenvalue weighted by atomic mass is 32.2.